The van der Waals surface area contributed by atoms with Crippen LogP contribution in [0.1, 0.15) is 74.6 Å². The molecule has 12 nitrogen and oxygen atoms in total. The molecule has 4 amide bonds. The van der Waals surface area contributed by atoms with Crippen LogP contribution >= 0.6 is 0 Å². The Morgan fingerprint density at radius 2 is 1.64 bits per heavy atom. The van der Waals surface area contributed by atoms with Crippen molar-refractivity contribution in [2.45, 2.75) is 81.3 Å². The third kappa shape index (κ3) is 8.27. The molecule has 5 rings (SSSR count). The van der Waals surface area contributed by atoms with Gasteiger partial charge in [-0.15, -0.1) is 0 Å². The normalized spacial score (nSPS) is 24.2. The number of carbonyl (C=O) groups excluding carboxylic acids is 3. The van der Waals surface area contributed by atoms with Gasteiger partial charge in [0, 0.05) is 29.9 Å². The van der Waals surface area contributed by atoms with Crippen molar-refractivity contribution in [1.29, 1.82) is 0 Å². The van der Waals surface area contributed by atoms with E-state index in [-0.39, 0.29) is 40.2 Å². The Morgan fingerprint density at radius 1 is 0.936 bits per heavy atom. The van der Waals surface area contributed by atoms with Gasteiger partial charge in [-0.2, -0.15) is 8.42 Å². The Kier molecular flexibility index (Phi) is 11.1. The summed E-state index contributed by atoms with van der Waals surface area (Å²) in [4.78, 5) is 57.1. The van der Waals surface area contributed by atoms with Gasteiger partial charge in [-0.25, -0.2) is 18.9 Å². The number of anilines is 1. The molecule has 1 aromatic carbocycles. The third-order valence-corrected chi connectivity index (χ3v) is 11.2. The average Bonchev–Trinajstić information content (AvgIpc) is 3.53. The van der Waals surface area contributed by atoms with Crippen molar-refractivity contribution in [2.24, 2.45) is 23.7 Å². The molecule has 254 valence electrons. The van der Waals surface area contributed by atoms with E-state index in [0.717, 1.165) is 38.5 Å². The molecule has 2 saturated carbocycles. The minimum absolute atomic E-state index is 0.00753. The highest BCUT2D eigenvalue weighted by atomic mass is 32.2. The first-order valence-corrected chi connectivity index (χ1v) is 17.8. The number of nitrogens with one attached hydrogen (secondary N) is 3. The molecule has 3 atom stereocenters. The lowest BCUT2D eigenvalue weighted by molar-refractivity contribution is -0.142. The summed E-state index contributed by atoms with van der Waals surface area (Å²) >= 11 is 0. The quantitative estimate of drug-likeness (QED) is 0.288. The summed E-state index contributed by atoms with van der Waals surface area (Å²) in [5.41, 5.74) is 0.481. The maximum absolute atomic E-state index is 13.9. The van der Waals surface area contributed by atoms with Crippen molar-refractivity contribution in [3.63, 3.8) is 0 Å². The van der Waals surface area contributed by atoms with Crippen LogP contribution in [0.4, 0.5) is 14.9 Å². The zero-order valence-electron chi connectivity index (χ0n) is 26.1. The van der Waals surface area contributed by atoms with E-state index in [9.17, 15) is 32.0 Å². The second-order valence-electron chi connectivity index (χ2n) is 12.8. The van der Waals surface area contributed by atoms with Crippen LogP contribution in [0.15, 0.2) is 53.7 Å². The van der Waals surface area contributed by atoms with Crippen molar-refractivity contribution in [1.82, 2.24) is 19.9 Å². The molecule has 47 heavy (non-hydrogen) atoms. The lowest BCUT2D eigenvalue weighted by Gasteiger charge is -2.37. The Labute approximate surface area is 273 Å². The highest BCUT2D eigenvalue weighted by Crippen LogP contribution is 2.41. The van der Waals surface area contributed by atoms with Crippen molar-refractivity contribution < 1.29 is 37.1 Å². The monoisotopic (exact) mass is 671 g/mol. The van der Waals surface area contributed by atoms with E-state index in [1.165, 1.54) is 42.6 Å². The second kappa shape index (κ2) is 15.2. The van der Waals surface area contributed by atoms with Crippen molar-refractivity contribution in [3.05, 3.63) is 54.2 Å². The summed E-state index contributed by atoms with van der Waals surface area (Å²) in [6.07, 6.45) is 8.16. The fraction of sp³-hybridized carbons (Fsp3) is 0.545. The average molecular weight is 672 g/mol. The van der Waals surface area contributed by atoms with Gasteiger partial charge in [0.1, 0.15) is 12.7 Å². The highest BCUT2D eigenvalue weighted by Gasteiger charge is 2.47. The molecule has 0 radical (unpaired) electrons. The molecule has 1 aromatic heterocycles. The number of aromatic nitrogens is 1. The number of alkyl halides is 1. The second-order valence-corrected chi connectivity index (χ2v) is 14.4. The number of sulfonamides is 1. The summed E-state index contributed by atoms with van der Waals surface area (Å²) in [6.45, 7) is -0.335. The van der Waals surface area contributed by atoms with E-state index in [0.29, 0.717) is 43.8 Å². The van der Waals surface area contributed by atoms with Gasteiger partial charge in [0.25, 0.3) is 15.9 Å². The molecule has 1 aliphatic heterocycles. The fourth-order valence-corrected chi connectivity index (χ4v) is 8.48. The first-order chi connectivity index (χ1) is 22.6. The molecular formula is C33H42FN5O7S. The minimum atomic E-state index is -4.16. The minimum Gasteiger partial charge on any atom is -0.465 e. The number of pyridine rings is 1. The summed E-state index contributed by atoms with van der Waals surface area (Å²) < 4.78 is 40.6. The van der Waals surface area contributed by atoms with Gasteiger partial charge in [0.2, 0.25) is 11.8 Å². The molecule has 2 aromatic rings. The number of carboxylic acid groups (broad SMARTS) is 1. The number of likely N-dealkylation sites (tertiary alicyclic amines) is 1. The van der Waals surface area contributed by atoms with Gasteiger partial charge in [0.05, 0.1) is 6.04 Å². The predicted octanol–water partition coefficient (Wildman–Crippen LogP) is 4.35. The molecule has 14 heteroatoms. The van der Waals surface area contributed by atoms with Gasteiger partial charge < -0.3 is 20.6 Å². The fourth-order valence-electron chi connectivity index (χ4n) is 7.56. The van der Waals surface area contributed by atoms with Crippen LogP contribution in [0.3, 0.4) is 0 Å². The Morgan fingerprint density at radius 3 is 2.26 bits per heavy atom. The van der Waals surface area contributed by atoms with E-state index in [2.05, 4.69) is 15.6 Å². The summed E-state index contributed by atoms with van der Waals surface area (Å²) in [6, 6.07) is 8.74. The number of nitrogens with zero attached hydrogens (tertiary/aromatic N) is 2. The zero-order chi connectivity index (χ0) is 33.6. The number of amides is 4. The topological polar surface area (TPSA) is 175 Å². The van der Waals surface area contributed by atoms with E-state index in [4.69, 9.17) is 5.11 Å². The molecule has 0 bridgehead atoms. The maximum atomic E-state index is 13.9. The van der Waals surface area contributed by atoms with Crippen molar-refractivity contribution in [2.75, 3.05) is 18.5 Å². The van der Waals surface area contributed by atoms with Gasteiger partial charge in [-0.3, -0.25) is 14.4 Å². The first-order valence-electron chi connectivity index (χ1n) is 16.3. The standard InChI is InChI=1S/C33H42FN5O7S/c34-20-27(37-33(43)44)22-9-11-24(12-10-22)32(42)39-19-17-26(21-6-2-1-3-7-21)29(39)31(41)36-25-15-13-23(14-16-25)30(40)38-47(45,46)28-8-4-5-18-35-28/h4-5,8,13-16,18,21-22,24,26-27,29,37H,1-3,6-7,9-12,17,19-20H2,(H,36,41)(H,38,40)(H,43,44)/t22-,24-,26-,27+,29-/m0/s1. The van der Waals surface area contributed by atoms with E-state index >= 15 is 0 Å². The van der Waals surface area contributed by atoms with Crippen LogP contribution in [0.5, 0.6) is 0 Å². The Balaban J connectivity index is 1.26. The number of rotatable bonds is 10. The highest BCUT2D eigenvalue weighted by molar-refractivity contribution is 7.90. The molecule has 4 N–H and O–H groups in total. The van der Waals surface area contributed by atoms with Crippen LogP contribution in [-0.2, 0) is 19.6 Å². The number of hydrogen-bond donors (Lipinski definition) is 4. The lowest BCUT2D eigenvalue weighted by atomic mass is 9.76. The van der Waals surface area contributed by atoms with Crippen LogP contribution in [0, 0.1) is 23.7 Å². The van der Waals surface area contributed by atoms with E-state index in [1.54, 1.807) is 11.0 Å². The number of hydrogen-bond acceptors (Lipinski definition) is 7. The first kappa shape index (κ1) is 34.3. The molecule has 0 unspecified atom stereocenters. The zero-order valence-corrected chi connectivity index (χ0v) is 27.0. The maximum Gasteiger partial charge on any atom is 0.404 e. The molecule has 0 spiro atoms. The van der Waals surface area contributed by atoms with Gasteiger partial charge in [-0.1, -0.05) is 38.2 Å². The Bertz CT molecular complexity index is 1530. The van der Waals surface area contributed by atoms with Crippen LogP contribution < -0.4 is 15.4 Å². The molecule has 1 saturated heterocycles. The Hall–Kier alpha value is -4.07. The smallest absolute Gasteiger partial charge is 0.404 e. The summed E-state index contributed by atoms with van der Waals surface area (Å²) in [7, 11) is -4.16. The summed E-state index contributed by atoms with van der Waals surface area (Å²) in [5, 5.41) is 13.9. The molecule has 3 fully saturated rings. The molecule has 2 aliphatic carbocycles. The number of benzene rings is 1. The van der Waals surface area contributed by atoms with Crippen LogP contribution in [0.25, 0.3) is 0 Å². The lowest BCUT2D eigenvalue weighted by Crippen LogP contribution is -2.50. The van der Waals surface area contributed by atoms with E-state index in [1.807, 2.05) is 4.72 Å². The van der Waals surface area contributed by atoms with Crippen LogP contribution in [0.2, 0.25) is 0 Å². The van der Waals surface area contributed by atoms with Gasteiger partial charge in [0.15, 0.2) is 5.03 Å². The molecule has 2 heterocycles. The van der Waals surface area contributed by atoms with Crippen LogP contribution in [-0.4, -0.2) is 72.5 Å². The van der Waals surface area contributed by atoms with Crippen molar-refractivity contribution >= 4 is 39.5 Å². The SMILES string of the molecule is O=C(O)N[C@H](CF)[C@H]1CC[C@H](C(=O)N2CC[C@@H](C3CCCCC3)[C@H]2C(=O)Nc2ccc(C(=O)NS(=O)(=O)c3ccccn3)cc2)CC1. The van der Waals surface area contributed by atoms with Crippen molar-refractivity contribution in [3.8, 4) is 0 Å². The largest absolute Gasteiger partial charge is 0.465 e. The third-order valence-electron chi connectivity index (χ3n) is 9.97. The van der Waals surface area contributed by atoms with E-state index < -0.39 is 40.8 Å². The number of halogens is 1. The molecule has 3 aliphatic rings. The molecular weight excluding hydrogens is 629 g/mol. The predicted molar refractivity (Wildman–Crippen MR) is 171 cm³/mol. The number of carbonyl (C=O) groups is 4. The van der Waals surface area contributed by atoms with Gasteiger partial charge in [-0.05, 0) is 86.3 Å². The van der Waals surface area contributed by atoms with Gasteiger partial charge >= 0.3 is 6.09 Å². The summed E-state index contributed by atoms with van der Waals surface area (Å²) in [5.74, 6) is -1.42.